The highest BCUT2D eigenvalue weighted by Crippen LogP contribution is 2.40. The molecule has 2 heterocycles. The number of hydrogen-bond acceptors (Lipinski definition) is 7. The first-order chi connectivity index (χ1) is 25.2. The summed E-state index contributed by atoms with van der Waals surface area (Å²) in [4.78, 5) is 29.0. The normalized spacial score (nSPS) is 16.5. The molecule has 4 amide bonds. The van der Waals surface area contributed by atoms with Crippen molar-refractivity contribution in [1.82, 2.24) is 14.4 Å². The number of thiophene rings is 1. The van der Waals surface area contributed by atoms with Crippen molar-refractivity contribution in [2.75, 3.05) is 10.6 Å². The van der Waals surface area contributed by atoms with E-state index >= 15 is 4.39 Å². The van der Waals surface area contributed by atoms with Crippen molar-refractivity contribution >= 4 is 88.9 Å². The third-order valence-corrected chi connectivity index (χ3v) is 15.2. The van der Waals surface area contributed by atoms with E-state index in [1.54, 1.807) is 12.1 Å². The molecule has 2 aromatic heterocycles. The van der Waals surface area contributed by atoms with E-state index in [4.69, 9.17) is 23.2 Å². The van der Waals surface area contributed by atoms with Crippen LogP contribution in [0.2, 0.25) is 10.0 Å². The van der Waals surface area contributed by atoms with Crippen LogP contribution in [0.15, 0.2) is 57.6 Å². The number of sulfonamides is 2. The van der Waals surface area contributed by atoms with Gasteiger partial charge in [-0.1, -0.05) is 29.3 Å². The van der Waals surface area contributed by atoms with E-state index in [-0.39, 0.29) is 25.9 Å². The van der Waals surface area contributed by atoms with Gasteiger partial charge in [-0.2, -0.15) is 0 Å². The highest BCUT2D eigenvalue weighted by atomic mass is 35.5. The predicted octanol–water partition coefficient (Wildman–Crippen LogP) is 7.95. The van der Waals surface area contributed by atoms with Gasteiger partial charge in [0.05, 0.1) is 10.0 Å². The average Bonchev–Trinajstić information content (AvgIpc) is 3.91. The summed E-state index contributed by atoms with van der Waals surface area (Å²) < 4.78 is 72.4. The first kappa shape index (κ1) is 35.9. The number of fused-ring (bicyclic) bond motifs is 4. The van der Waals surface area contributed by atoms with Crippen molar-refractivity contribution in [3.8, 4) is 0 Å². The molecule has 8 rings (SSSR count). The molecule has 11 nitrogen and oxygen atoms in total. The van der Waals surface area contributed by atoms with Gasteiger partial charge in [-0.05, 0) is 128 Å². The molecule has 53 heavy (non-hydrogen) atoms. The van der Waals surface area contributed by atoms with Crippen LogP contribution in [0.25, 0.3) is 10.9 Å². The van der Waals surface area contributed by atoms with Gasteiger partial charge in [0, 0.05) is 38.8 Å². The minimum absolute atomic E-state index is 0.0152. The molecule has 3 aliphatic rings. The standard InChI is InChI=1S/C36H32Cl2FN5O6S3/c37-26-9-8-23(16-27(26)38)40-35(45)44-53(49,50)33-15-22-12-20(7-10-31(22)51-33)29-14-21-13-28(39)32(17-30(21)41-29)52(47,48)43-36(46)42-34-24-5-1-3-18(24)11-19-4-2-6-25(19)34/h8-9,11,13-17,20,41H,1-7,10,12H2,(H2,40,44,45)(H2,42,43,46). The molecule has 0 bridgehead atoms. The first-order valence-corrected chi connectivity index (χ1v) is 21.5. The second kappa shape index (κ2) is 13.6. The quantitative estimate of drug-likeness (QED) is 0.112. The zero-order valence-corrected chi connectivity index (χ0v) is 31.8. The van der Waals surface area contributed by atoms with Crippen LogP contribution in [0.4, 0.5) is 25.4 Å². The SMILES string of the molecule is O=C(Nc1ccc(Cl)c(Cl)c1)NS(=O)(=O)c1cc2c(s1)CCC(c1cc3cc(F)c(S(=O)(=O)NC(=O)Nc4c5c(cc6c4CCC6)CCC5)cc3[nH]1)C2. The third-order valence-electron chi connectivity index (χ3n) is 10.1. The lowest BCUT2D eigenvalue weighted by Gasteiger charge is -2.20. The van der Waals surface area contributed by atoms with Crippen molar-refractivity contribution in [1.29, 1.82) is 0 Å². The number of rotatable bonds is 7. The van der Waals surface area contributed by atoms with Gasteiger partial charge in [-0.3, -0.25) is 0 Å². The second-order valence-corrected chi connectivity index (χ2v) is 19.0. The zero-order valence-electron chi connectivity index (χ0n) is 27.9. The molecule has 276 valence electrons. The Hall–Kier alpha value is -4.15. The maximum absolute atomic E-state index is 15.4. The lowest BCUT2D eigenvalue weighted by atomic mass is 9.86. The second-order valence-electron chi connectivity index (χ2n) is 13.5. The number of hydrogen-bond donors (Lipinski definition) is 5. The summed E-state index contributed by atoms with van der Waals surface area (Å²) in [5.74, 6) is -1.11. The largest absolute Gasteiger partial charge is 0.358 e. The number of aromatic nitrogens is 1. The lowest BCUT2D eigenvalue weighted by Crippen LogP contribution is -2.35. The smallest absolute Gasteiger partial charge is 0.333 e. The van der Waals surface area contributed by atoms with Crippen LogP contribution < -0.4 is 20.1 Å². The number of halogens is 3. The molecule has 0 aliphatic heterocycles. The summed E-state index contributed by atoms with van der Waals surface area (Å²) in [5.41, 5.74) is 7.29. The van der Waals surface area contributed by atoms with E-state index in [0.29, 0.717) is 35.9 Å². The van der Waals surface area contributed by atoms with Gasteiger partial charge in [0.25, 0.3) is 20.0 Å². The Kier molecular flexibility index (Phi) is 9.21. The van der Waals surface area contributed by atoms with Gasteiger partial charge < -0.3 is 15.6 Å². The van der Waals surface area contributed by atoms with Crippen molar-refractivity contribution in [3.63, 3.8) is 0 Å². The Bertz CT molecular complexity index is 2560. The number of urea groups is 2. The highest BCUT2D eigenvalue weighted by molar-refractivity contribution is 7.92. The number of aromatic amines is 1. The Balaban J connectivity index is 0.961. The average molecular weight is 817 g/mol. The molecule has 3 aliphatic carbocycles. The number of carbonyl (C=O) groups excluding carboxylic acids is 2. The predicted molar refractivity (Wildman–Crippen MR) is 203 cm³/mol. The number of anilines is 2. The minimum Gasteiger partial charge on any atom is -0.358 e. The molecule has 0 saturated carbocycles. The molecular weight excluding hydrogens is 785 g/mol. The van der Waals surface area contributed by atoms with Crippen LogP contribution in [-0.2, 0) is 58.6 Å². The molecule has 1 unspecified atom stereocenters. The summed E-state index contributed by atoms with van der Waals surface area (Å²) >= 11 is 13.0. The summed E-state index contributed by atoms with van der Waals surface area (Å²) in [7, 11) is -8.78. The highest BCUT2D eigenvalue weighted by Gasteiger charge is 2.30. The van der Waals surface area contributed by atoms with Gasteiger partial charge >= 0.3 is 12.1 Å². The molecule has 0 fully saturated rings. The molecule has 0 spiro atoms. The van der Waals surface area contributed by atoms with E-state index in [1.165, 1.54) is 35.4 Å². The monoisotopic (exact) mass is 815 g/mol. The maximum Gasteiger partial charge on any atom is 0.333 e. The molecular formula is C36H32Cl2FN5O6S3. The number of H-pyrrole nitrogens is 1. The van der Waals surface area contributed by atoms with Gasteiger partial charge in [0.2, 0.25) is 0 Å². The topological polar surface area (TPSA) is 166 Å². The Labute approximate surface area is 318 Å². The minimum atomic E-state index is -4.59. The van der Waals surface area contributed by atoms with Crippen LogP contribution in [0.5, 0.6) is 0 Å². The number of benzene rings is 3. The third kappa shape index (κ3) is 7.00. The van der Waals surface area contributed by atoms with Crippen LogP contribution in [0.3, 0.4) is 0 Å². The van der Waals surface area contributed by atoms with Gasteiger partial charge in [-0.15, -0.1) is 11.3 Å². The first-order valence-electron chi connectivity index (χ1n) is 17.0. The number of nitrogens with one attached hydrogen (secondary N) is 5. The maximum atomic E-state index is 15.4. The lowest BCUT2D eigenvalue weighted by molar-refractivity contribution is 0.255. The number of amides is 4. The van der Waals surface area contributed by atoms with Crippen molar-refractivity contribution in [2.45, 2.75) is 72.8 Å². The van der Waals surface area contributed by atoms with Crippen LogP contribution in [-0.4, -0.2) is 33.9 Å². The number of carbonyl (C=O) groups is 2. The van der Waals surface area contributed by atoms with Gasteiger partial charge in [0.1, 0.15) is 14.9 Å². The van der Waals surface area contributed by atoms with Crippen molar-refractivity contribution in [3.05, 3.63) is 103 Å². The summed E-state index contributed by atoms with van der Waals surface area (Å²) in [6.07, 6.45) is 7.05. The van der Waals surface area contributed by atoms with E-state index in [9.17, 15) is 26.4 Å². The van der Waals surface area contributed by atoms with Crippen molar-refractivity contribution < 1.29 is 30.8 Å². The fourth-order valence-corrected chi connectivity index (χ4v) is 11.4. The molecule has 0 saturated heterocycles. The Morgan fingerprint density at radius 1 is 0.774 bits per heavy atom. The molecule has 1 atom stereocenters. The Morgan fingerprint density at radius 2 is 1.47 bits per heavy atom. The fourth-order valence-electron chi connectivity index (χ4n) is 7.66. The van der Waals surface area contributed by atoms with Crippen LogP contribution in [0, 0.1) is 5.82 Å². The van der Waals surface area contributed by atoms with E-state index in [2.05, 4.69) is 21.7 Å². The summed E-state index contributed by atoms with van der Waals surface area (Å²) in [5, 5.41) is 6.15. The Morgan fingerprint density at radius 3 is 2.19 bits per heavy atom. The van der Waals surface area contributed by atoms with Gasteiger partial charge in [0.15, 0.2) is 0 Å². The van der Waals surface area contributed by atoms with Gasteiger partial charge in [-0.25, -0.2) is 40.3 Å². The fraction of sp³-hybridized carbons (Fsp3) is 0.278. The molecule has 3 aromatic carbocycles. The van der Waals surface area contributed by atoms with Crippen LogP contribution in [0.1, 0.15) is 63.6 Å². The number of aryl methyl sites for hydroxylation is 3. The molecule has 5 N–H and O–H groups in total. The van der Waals surface area contributed by atoms with E-state index in [1.807, 2.05) is 9.44 Å². The van der Waals surface area contributed by atoms with Crippen LogP contribution >= 0.6 is 34.5 Å². The summed E-state index contributed by atoms with van der Waals surface area (Å²) in [6, 6.07) is 10.3. The summed E-state index contributed by atoms with van der Waals surface area (Å²) in [6.45, 7) is 0. The molecule has 17 heteroatoms. The zero-order chi connectivity index (χ0) is 37.2. The van der Waals surface area contributed by atoms with E-state index in [0.717, 1.165) is 83.2 Å². The van der Waals surface area contributed by atoms with Crippen molar-refractivity contribution in [2.24, 2.45) is 0 Å². The molecule has 0 radical (unpaired) electrons. The molecule has 5 aromatic rings. The van der Waals surface area contributed by atoms with E-state index < -0.39 is 42.8 Å².